The Morgan fingerprint density at radius 2 is 2.07 bits per heavy atom. The quantitative estimate of drug-likeness (QED) is 0.642. The summed E-state index contributed by atoms with van der Waals surface area (Å²) in [6.45, 7) is 2.12. The molecule has 0 aromatic carbocycles. The van der Waals surface area contributed by atoms with E-state index in [0.717, 1.165) is 41.6 Å². The van der Waals surface area contributed by atoms with Gasteiger partial charge in [0.1, 0.15) is 6.61 Å². The van der Waals surface area contributed by atoms with E-state index in [4.69, 9.17) is 4.74 Å². The van der Waals surface area contributed by atoms with Gasteiger partial charge in [-0.15, -0.1) is 0 Å². The molecule has 1 unspecified atom stereocenters. The highest BCUT2D eigenvalue weighted by Gasteiger charge is 2.30. The topological polar surface area (TPSA) is 74.8 Å². The molecule has 1 fully saturated rings. The average Bonchev–Trinajstić information content (AvgIpc) is 3.40. The van der Waals surface area contributed by atoms with Crippen LogP contribution in [-0.4, -0.2) is 36.9 Å². The highest BCUT2D eigenvalue weighted by atomic mass is 16.5. The highest BCUT2D eigenvalue weighted by molar-refractivity contribution is 5.84. The predicted molar refractivity (Wildman–Crippen MR) is 109 cm³/mol. The molecule has 3 heterocycles. The van der Waals surface area contributed by atoms with E-state index in [9.17, 15) is 4.79 Å². The number of ketones is 1. The van der Waals surface area contributed by atoms with Crippen LogP contribution in [0.15, 0.2) is 12.3 Å². The lowest BCUT2D eigenvalue weighted by atomic mass is 9.84. The summed E-state index contributed by atoms with van der Waals surface area (Å²) in [5, 5.41) is 10.2. The van der Waals surface area contributed by atoms with E-state index in [1.807, 2.05) is 35.7 Å². The number of rotatable bonds is 6. The Morgan fingerprint density at radius 3 is 2.86 bits per heavy atom. The standard InChI is InChI=1S/C22H27N5O2/c1-13-9-19(24-22-20(13)21(14-7-8-14)25-27(22)3)29-12-16(28)10-15-5-4-6-18-17(15)11-23-26(18)2/h9,11,14-15H,4-8,10,12H2,1-3H3. The van der Waals surface area contributed by atoms with Crippen molar-refractivity contribution < 1.29 is 9.53 Å². The van der Waals surface area contributed by atoms with Crippen molar-refractivity contribution in [1.29, 1.82) is 0 Å². The fraction of sp³-hybridized carbons (Fsp3) is 0.545. The first kappa shape index (κ1) is 18.3. The SMILES string of the molecule is Cc1cc(OCC(=O)CC2CCCc3c2cnn3C)nc2c1c(C1CC1)nn2C. The molecule has 0 N–H and O–H groups in total. The zero-order valence-corrected chi connectivity index (χ0v) is 17.3. The van der Waals surface area contributed by atoms with Gasteiger partial charge in [0.05, 0.1) is 11.9 Å². The van der Waals surface area contributed by atoms with Crippen LogP contribution in [0.1, 0.15) is 66.5 Å². The minimum Gasteiger partial charge on any atom is -0.470 e. The molecule has 5 rings (SSSR count). The van der Waals surface area contributed by atoms with Gasteiger partial charge in [0.25, 0.3) is 0 Å². The van der Waals surface area contributed by atoms with Crippen LogP contribution >= 0.6 is 0 Å². The molecule has 7 heteroatoms. The van der Waals surface area contributed by atoms with Gasteiger partial charge in [-0.1, -0.05) is 0 Å². The molecule has 1 saturated carbocycles. The fourth-order valence-corrected chi connectivity index (χ4v) is 4.65. The van der Waals surface area contributed by atoms with Crippen LogP contribution in [0.25, 0.3) is 11.0 Å². The number of carbonyl (C=O) groups is 1. The van der Waals surface area contributed by atoms with Crippen molar-refractivity contribution in [2.45, 2.75) is 57.3 Å². The van der Waals surface area contributed by atoms with Gasteiger partial charge in [0.2, 0.25) is 5.88 Å². The van der Waals surface area contributed by atoms with Gasteiger partial charge in [-0.05, 0) is 56.1 Å². The first-order valence-electron chi connectivity index (χ1n) is 10.5. The van der Waals surface area contributed by atoms with Crippen molar-refractivity contribution in [3.8, 4) is 5.88 Å². The Balaban J connectivity index is 1.28. The smallest absolute Gasteiger partial charge is 0.215 e. The van der Waals surface area contributed by atoms with E-state index >= 15 is 0 Å². The van der Waals surface area contributed by atoms with Gasteiger partial charge < -0.3 is 4.74 Å². The molecule has 2 aliphatic rings. The lowest BCUT2D eigenvalue weighted by Gasteiger charge is -2.22. The molecule has 3 aromatic heterocycles. The van der Waals surface area contributed by atoms with Crippen LogP contribution in [0.2, 0.25) is 0 Å². The van der Waals surface area contributed by atoms with Crippen molar-refractivity contribution in [3.63, 3.8) is 0 Å². The van der Waals surface area contributed by atoms with Crippen LogP contribution in [0.4, 0.5) is 0 Å². The lowest BCUT2D eigenvalue weighted by Crippen LogP contribution is -2.18. The summed E-state index contributed by atoms with van der Waals surface area (Å²) in [6.07, 6.45) is 8.02. The Morgan fingerprint density at radius 1 is 1.24 bits per heavy atom. The third-order valence-electron chi connectivity index (χ3n) is 6.31. The largest absolute Gasteiger partial charge is 0.470 e. The van der Waals surface area contributed by atoms with E-state index in [1.54, 1.807) is 0 Å². The van der Waals surface area contributed by atoms with E-state index in [0.29, 0.717) is 18.2 Å². The van der Waals surface area contributed by atoms with Crippen molar-refractivity contribution in [2.24, 2.45) is 14.1 Å². The van der Waals surface area contributed by atoms with Crippen molar-refractivity contribution in [3.05, 3.63) is 34.8 Å². The van der Waals surface area contributed by atoms with Gasteiger partial charge in [-0.25, -0.2) is 0 Å². The number of carbonyl (C=O) groups excluding carboxylic acids is 1. The number of hydrogen-bond donors (Lipinski definition) is 0. The molecule has 152 valence electrons. The first-order valence-corrected chi connectivity index (χ1v) is 10.5. The summed E-state index contributed by atoms with van der Waals surface area (Å²) in [5.41, 5.74) is 5.59. The molecule has 1 atom stereocenters. The number of fused-ring (bicyclic) bond motifs is 2. The zero-order chi connectivity index (χ0) is 20.1. The van der Waals surface area contributed by atoms with Crippen LogP contribution in [0.3, 0.4) is 0 Å². The van der Waals surface area contributed by atoms with Crippen molar-refractivity contribution >= 4 is 16.8 Å². The van der Waals surface area contributed by atoms with E-state index < -0.39 is 0 Å². The van der Waals surface area contributed by atoms with E-state index in [2.05, 4.69) is 22.1 Å². The zero-order valence-electron chi connectivity index (χ0n) is 17.3. The molecule has 0 bridgehead atoms. The molecule has 3 aromatic rings. The fourth-order valence-electron chi connectivity index (χ4n) is 4.65. The Labute approximate surface area is 170 Å². The number of nitrogens with zero attached hydrogens (tertiary/aromatic N) is 5. The number of aryl methyl sites for hydroxylation is 3. The molecule has 7 nitrogen and oxygen atoms in total. The third kappa shape index (κ3) is 3.32. The van der Waals surface area contributed by atoms with Gasteiger partial charge >= 0.3 is 0 Å². The summed E-state index contributed by atoms with van der Waals surface area (Å²) in [7, 11) is 3.90. The number of pyridine rings is 1. The maximum Gasteiger partial charge on any atom is 0.215 e. The second-order valence-electron chi connectivity index (χ2n) is 8.55. The molecule has 0 spiro atoms. The molecular weight excluding hydrogens is 366 g/mol. The molecule has 0 saturated heterocycles. The maximum absolute atomic E-state index is 12.6. The Hall–Kier alpha value is -2.70. The van der Waals surface area contributed by atoms with Crippen molar-refractivity contribution in [1.82, 2.24) is 24.5 Å². The lowest BCUT2D eigenvalue weighted by molar-refractivity contribution is -0.121. The van der Waals surface area contributed by atoms with Gasteiger partial charge in [-0.3, -0.25) is 14.2 Å². The highest BCUT2D eigenvalue weighted by Crippen LogP contribution is 2.43. The monoisotopic (exact) mass is 393 g/mol. The second-order valence-corrected chi connectivity index (χ2v) is 8.55. The molecule has 0 radical (unpaired) electrons. The summed E-state index contributed by atoms with van der Waals surface area (Å²) in [4.78, 5) is 17.3. The van der Waals surface area contributed by atoms with Crippen LogP contribution < -0.4 is 4.74 Å². The van der Waals surface area contributed by atoms with E-state index in [-0.39, 0.29) is 18.3 Å². The molecule has 0 amide bonds. The normalized spacial score (nSPS) is 18.8. The maximum atomic E-state index is 12.6. The molecule has 29 heavy (non-hydrogen) atoms. The Kier molecular flexibility index (Phi) is 4.41. The predicted octanol–water partition coefficient (Wildman–Crippen LogP) is 3.35. The molecule has 0 aliphatic heterocycles. The van der Waals surface area contributed by atoms with Gasteiger partial charge in [0.15, 0.2) is 11.4 Å². The summed E-state index contributed by atoms with van der Waals surface area (Å²) >= 11 is 0. The van der Waals surface area contributed by atoms with Gasteiger partial charge in [-0.2, -0.15) is 15.2 Å². The molecule has 2 aliphatic carbocycles. The number of hydrogen-bond acceptors (Lipinski definition) is 5. The minimum absolute atomic E-state index is 0.0530. The Bertz CT molecular complexity index is 1090. The van der Waals surface area contributed by atoms with Crippen LogP contribution in [0.5, 0.6) is 5.88 Å². The summed E-state index contributed by atoms with van der Waals surface area (Å²) < 4.78 is 9.58. The van der Waals surface area contributed by atoms with E-state index in [1.165, 1.54) is 24.1 Å². The number of ether oxygens (including phenoxy) is 1. The van der Waals surface area contributed by atoms with Crippen LogP contribution in [-0.2, 0) is 25.3 Å². The average molecular weight is 393 g/mol. The summed E-state index contributed by atoms with van der Waals surface area (Å²) in [5.74, 6) is 1.42. The first-order chi connectivity index (χ1) is 14.0. The van der Waals surface area contributed by atoms with Crippen molar-refractivity contribution in [2.75, 3.05) is 6.61 Å². The molecular formula is C22H27N5O2. The van der Waals surface area contributed by atoms with Crippen LogP contribution in [0, 0.1) is 6.92 Å². The number of aromatic nitrogens is 5. The second kappa shape index (κ2) is 6.97. The third-order valence-corrected chi connectivity index (χ3v) is 6.31. The minimum atomic E-state index is 0.0530. The van der Waals surface area contributed by atoms with Gasteiger partial charge in [0, 0.05) is 43.6 Å². The summed E-state index contributed by atoms with van der Waals surface area (Å²) in [6, 6.07) is 1.93. The number of Topliss-reactive ketones (excluding diaryl/α,β-unsaturated/α-hetero) is 1.